The minimum Gasteiger partial charge on any atom is -0.444 e. The monoisotopic (exact) mass is 257 g/mol. The molecular weight excluding hydrogens is 234 g/mol. The third-order valence-electron chi connectivity index (χ3n) is 3.43. The zero-order chi connectivity index (χ0) is 13.4. The highest BCUT2D eigenvalue weighted by atomic mass is 16.6. The second-order valence-corrected chi connectivity index (χ2v) is 6.52. The molecule has 0 aromatic rings. The number of aliphatic hydroxyl groups excluding tert-OH is 1. The maximum atomic E-state index is 12.1. The molecule has 18 heavy (non-hydrogen) atoms. The van der Waals surface area contributed by atoms with Gasteiger partial charge in [0.1, 0.15) is 5.60 Å². The SMILES string of the molecule is CC(C)(C)OC(=O)N1CCOCC2(CC(O)C2)C1. The quantitative estimate of drug-likeness (QED) is 0.712. The first-order valence-electron chi connectivity index (χ1n) is 6.53. The number of carbonyl (C=O) groups excluding carboxylic acids is 1. The summed E-state index contributed by atoms with van der Waals surface area (Å²) < 4.78 is 10.9. The van der Waals surface area contributed by atoms with Crippen molar-refractivity contribution in [1.82, 2.24) is 4.90 Å². The largest absolute Gasteiger partial charge is 0.444 e. The smallest absolute Gasteiger partial charge is 0.410 e. The maximum absolute atomic E-state index is 12.1. The number of nitrogens with zero attached hydrogens (tertiary/aromatic N) is 1. The van der Waals surface area contributed by atoms with Gasteiger partial charge in [-0.2, -0.15) is 0 Å². The van der Waals surface area contributed by atoms with Crippen LogP contribution in [0.2, 0.25) is 0 Å². The van der Waals surface area contributed by atoms with Crippen molar-refractivity contribution in [3.8, 4) is 0 Å². The molecule has 104 valence electrons. The molecule has 5 nitrogen and oxygen atoms in total. The van der Waals surface area contributed by atoms with E-state index in [9.17, 15) is 9.90 Å². The van der Waals surface area contributed by atoms with Gasteiger partial charge in [0.05, 0.1) is 19.3 Å². The number of carbonyl (C=O) groups is 1. The molecule has 1 aliphatic carbocycles. The Morgan fingerprint density at radius 3 is 2.67 bits per heavy atom. The van der Waals surface area contributed by atoms with Crippen LogP contribution in [0.1, 0.15) is 33.6 Å². The number of hydrogen-bond donors (Lipinski definition) is 1. The fraction of sp³-hybridized carbons (Fsp3) is 0.923. The Hall–Kier alpha value is -0.810. The van der Waals surface area contributed by atoms with Crippen molar-refractivity contribution in [2.24, 2.45) is 5.41 Å². The highest BCUT2D eigenvalue weighted by Gasteiger charge is 2.47. The molecule has 1 aliphatic heterocycles. The van der Waals surface area contributed by atoms with Crippen LogP contribution in [-0.2, 0) is 9.47 Å². The highest BCUT2D eigenvalue weighted by molar-refractivity contribution is 5.68. The maximum Gasteiger partial charge on any atom is 0.410 e. The third-order valence-corrected chi connectivity index (χ3v) is 3.43. The zero-order valence-electron chi connectivity index (χ0n) is 11.4. The van der Waals surface area contributed by atoms with E-state index >= 15 is 0 Å². The zero-order valence-corrected chi connectivity index (χ0v) is 11.4. The van der Waals surface area contributed by atoms with Crippen LogP contribution >= 0.6 is 0 Å². The van der Waals surface area contributed by atoms with Gasteiger partial charge in [0.2, 0.25) is 0 Å². The van der Waals surface area contributed by atoms with Gasteiger partial charge in [0, 0.05) is 18.5 Å². The molecule has 1 saturated heterocycles. The van der Waals surface area contributed by atoms with Gasteiger partial charge in [0.15, 0.2) is 0 Å². The molecule has 1 amide bonds. The molecule has 1 heterocycles. The van der Waals surface area contributed by atoms with Gasteiger partial charge in [-0.1, -0.05) is 0 Å². The van der Waals surface area contributed by atoms with Crippen molar-refractivity contribution in [1.29, 1.82) is 0 Å². The summed E-state index contributed by atoms with van der Waals surface area (Å²) in [5, 5.41) is 9.48. The Morgan fingerprint density at radius 2 is 2.11 bits per heavy atom. The van der Waals surface area contributed by atoms with E-state index in [0.29, 0.717) is 39.1 Å². The first-order chi connectivity index (χ1) is 8.30. The molecule has 1 N–H and O–H groups in total. The van der Waals surface area contributed by atoms with Gasteiger partial charge in [0.25, 0.3) is 0 Å². The summed E-state index contributed by atoms with van der Waals surface area (Å²) in [6, 6.07) is 0. The van der Waals surface area contributed by atoms with Crippen molar-refractivity contribution in [3.63, 3.8) is 0 Å². The number of aliphatic hydroxyl groups is 1. The van der Waals surface area contributed by atoms with Gasteiger partial charge in [-0.05, 0) is 33.6 Å². The minimum atomic E-state index is -0.476. The lowest BCUT2D eigenvalue weighted by Crippen LogP contribution is -2.51. The molecule has 0 radical (unpaired) electrons. The van der Waals surface area contributed by atoms with E-state index in [1.165, 1.54) is 0 Å². The summed E-state index contributed by atoms with van der Waals surface area (Å²) in [5.74, 6) is 0. The average Bonchev–Trinajstić information content (AvgIpc) is 2.37. The van der Waals surface area contributed by atoms with Gasteiger partial charge in [-0.15, -0.1) is 0 Å². The molecule has 2 rings (SSSR count). The Bertz CT molecular complexity index is 317. The number of rotatable bonds is 0. The van der Waals surface area contributed by atoms with E-state index in [0.717, 1.165) is 0 Å². The lowest BCUT2D eigenvalue weighted by Gasteiger charge is -2.45. The molecule has 5 heteroatoms. The van der Waals surface area contributed by atoms with Gasteiger partial charge < -0.3 is 19.5 Å². The molecule has 0 unspecified atom stereocenters. The minimum absolute atomic E-state index is 0.0627. The number of hydrogen-bond acceptors (Lipinski definition) is 4. The van der Waals surface area contributed by atoms with Crippen LogP contribution in [-0.4, -0.2) is 54.1 Å². The summed E-state index contributed by atoms with van der Waals surface area (Å²) in [5.41, 5.74) is -0.538. The summed E-state index contributed by atoms with van der Waals surface area (Å²) in [7, 11) is 0. The predicted molar refractivity (Wildman–Crippen MR) is 66.3 cm³/mol. The van der Waals surface area contributed by atoms with Gasteiger partial charge >= 0.3 is 6.09 Å². The first kappa shape index (κ1) is 13.6. The standard InChI is InChI=1S/C13H23NO4/c1-12(2,3)18-11(16)14-4-5-17-9-13(8-14)6-10(15)7-13/h10,15H,4-9H2,1-3H3. The summed E-state index contributed by atoms with van der Waals surface area (Å²) in [6.07, 6.45) is 0.902. The fourth-order valence-electron chi connectivity index (χ4n) is 2.66. The van der Waals surface area contributed by atoms with Crippen LogP contribution < -0.4 is 0 Å². The molecule has 0 bridgehead atoms. The van der Waals surface area contributed by atoms with E-state index in [1.807, 2.05) is 20.8 Å². The molecule has 0 atom stereocenters. The molecule has 0 aromatic heterocycles. The van der Waals surface area contributed by atoms with Crippen molar-refractivity contribution in [3.05, 3.63) is 0 Å². The molecular formula is C13H23NO4. The van der Waals surface area contributed by atoms with Crippen molar-refractivity contribution in [2.45, 2.75) is 45.3 Å². The molecule has 1 saturated carbocycles. The van der Waals surface area contributed by atoms with E-state index in [2.05, 4.69) is 0 Å². The van der Waals surface area contributed by atoms with Crippen LogP contribution in [0.3, 0.4) is 0 Å². The average molecular weight is 257 g/mol. The molecule has 2 fully saturated rings. The summed E-state index contributed by atoms with van der Waals surface area (Å²) in [4.78, 5) is 13.8. The second kappa shape index (κ2) is 4.70. The third kappa shape index (κ3) is 3.14. The Morgan fingerprint density at radius 1 is 1.44 bits per heavy atom. The van der Waals surface area contributed by atoms with E-state index < -0.39 is 5.60 Å². The van der Waals surface area contributed by atoms with Crippen LogP contribution in [0.25, 0.3) is 0 Å². The Balaban J connectivity index is 1.97. The van der Waals surface area contributed by atoms with Crippen LogP contribution in [0.15, 0.2) is 0 Å². The van der Waals surface area contributed by atoms with Crippen LogP contribution in [0.5, 0.6) is 0 Å². The Labute approximate surface area is 108 Å². The fourth-order valence-corrected chi connectivity index (χ4v) is 2.66. The van der Waals surface area contributed by atoms with Gasteiger partial charge in [-0.3, -0.25) is 0 Å². The summed E-state index contributed by atoms with van der Waals surface area (Å²) >= 11 is 0. The van der Waals surface area contributed by atoms with E-state index in [-0.39, 0.29) is 17.6 Å². The molecule has 0 aromatic carbocycles. The van der Waals surface area contributed by atoms with Crippen molar-refractivity contribution < 1.29 is 19.4 Å². The normalized spacial score (nSPS) is 32.9. The molecule has 1 spiro atoms. The van der Waals surface area contributed by atoms with E-state index in [4.69, 9.17) is 9.47 Å². The predicted octanol–water partition coefficient (Wildman–Crippen LogP) is 1.39. The van der Waals surface area contributed by atoms with Crippen LogP contribution in [0.4, 0.5) is 4.79 Å². The second-order valence-electron chi connectivity index (χ2n) is 6.52. The van der Waals surface area contributed by atoms with Crippen molar-refractivity contribution >= 4 is 6.09 Å². The lowest BCUT2D eigenvalue weighted by atomic mass is 9.67. The topological polar surface area (TPSA) is 59.0 Å². The van der Waals surface area contributed by atoms with Gasteiger partial charge in [-0.25, -0.2) is 4.79 Å². The van der Waals surface area contributed by atoms with Crippen LogP contribution in [0, 0.1) is 5.41 Å². The number of ether oxygens (including phenoxy) is 2. The summed E-state index contributed by atoms with van der Waals surface area (Å²) in [6.45, 7) is 7.94. The first-order valence-corrected chi connectivity index (χ1v) is 6.53. The number of amides is 1. The Kier molecular flexibility index (Phi) is 3.56. The van der Waals surface area contributed by atoms with E-state index in [1.54, 1.807) is 4.90 Å². The highest BCUT2D eigenvalue weighted by Crippen LogP contribution is 2.43. The lowest BCUT2D eigenvalue weighted by molar-refractivity contribution is -0.0781. The molecule has 2 aliphatic rings. The van der Waals surface area contributed by atoms with Crippen molar-refractivity contribution in [2.75, 3.05) is 26.3 Å².